The van der Waals surface area contributed by atoms with E-state index < -0.39 is 0 Å². The first-order valence-electron chi connectivity index (χ1n) is 7.47. The van der Waals surface area contributed by atoms with Gasteiger partial charge in [-0.05, 0) is 47.7 Å². The van der Waals surface area contributed by atoms with E-state index in [0.717, 1.165) is 6.54 Å². The number of hydrogen-bond donors (Lipinski definition) is 1. The van der Waals surface area contributed by atoms with E-state index in [1.54, 1.807) is 0 Å². The molecule has 1 aromatic carbocycles. The molecule has 1 nitrogen and oxygen atoms in total. The molecule has 0 spiro atoms. The average Bonchev–Trinajstić information content (AvgIpc) is 2.84. The van der Waals surface area contributed by atoms with Gasteiger partial charge in [0, 0.05) is 10.7 Å². The molecule has 1 heterocycles. The summed E-state index contributed by atoms with van der Waals surface area (Å²) in [7, 11) is 0. The van der Waals surface area contributed by atoms with Crippen molar-refractivity contribution in [2.45, 2.75) is 46.1 Å². The van der Waals surface area contributed by atoms with Crippen molar-refractivity contribution in [3.63, 3.8) is 0 Å². The molecule has 0 amide bonds. The van der Waals surface area contributed by atoms with Gasteiger partial charge >= 0.3 is 0 Å². The Morgan fingerprint density at radius 1 is 1.16 bits per heavy atom. The first-order chi connectivity index (χ1) is 9.27. The predicted molar refractivity (Wildman–Crippen MR) is 86.9 cm³/mol. The Kier molecular flexibility index (Phi) is 5.41. The minimum Gasteiger partial charge on any atom is -0.310 e. The Labute approximate surface area is 121 Å². The molecular weight excluding hydrogens is 250 g/mol. The topological polar surface area (TPSA) is 12.0 Å². The van der Waals surface area contributed by atoms with Crippen LogP contribution in [0.5, 0.6) is 0 Å². The molecule has 0 saturated carbocycles. The fourth-order valence-corrected chi connectivity index (χ4v) is 3.78. The summed E-state index contributed by atoms with van der Waals surface area (Å²) in [4.78, 5) is 0. The van der Waals surface area contributed by atoms with Gasteiger partial charge in [0.1, 0.15) is 0 Å². The standard InChI is InChI=1S/C17H25NS/c1-4-8-13(3)17(18-11-5-2)15-12-19-16-10-7-6-9-14(15)16/h6-7,9-10,12-13,17-18H,4-5,8,11H2,1-3H3. The van der Waals surface area contributed by atoms with Crippen LogP contribution in [0.1, 0.15) is 51.6 Å². The highest BCUT2D eigenvalue weighted by molar-refractivity contribution is 7.17. The van der Waals surface area contributed by atoms with Crippen molar-refractivity contribution in [1.82, 2.24) is 5.32 Å². The molecule has 0 saturated heterocycles. The van der Waals surface area contributed by atoms with Crippen LogP contribution in [0.15, 0.2) is 29.6 Å². The summed E-state index contributed by atoms with van der Waals surface area (Å²) < 4.78 is 1.41. The molecule has 0 aliphatic carbocycles. The zero-order chi connectivity index (χ0) is 13.7. The summed E-state index contributed by atoms with van der Waals surface area (Å²) in [5.74, 6) is 0.689. The number of benzene rings is 1. The van der Waals surface area contributed by atoms with E-state index in [1.165, 1.54) is 34.9 Å². The number of thiophene rings is 1. The van der Waals surface area contributed by atoms with Crippen LogP contribution in [-0.2, 0) is 0 Å². The normalized spacial score (nSPS) is 14.7. The second-order valence-corrected chi connectivity index (χ2v) is 6.30. The van der Waals surface area contributed by atoms with Gasteiger partial charge in [-0.15, -0.1) is 11.3 Å². The smallest absolute Gasteiger partial charge is 0.0360 e. The molecule has 2 heteroatoms. The zero-order valence-corrected chi connectivity index (χ0v) is 13.1. The Hall–Kier alpha value is -0.860. The van der Waals surface area contributed by atoms with E-state index >= 15 is 0 Å². The number of fused-ring (bicyclic) bond motifs is 1. The van der Waals surface area contributed by atoms with E-state index in [1.807, 2.05) is 11.3 Å². The maximum atomic E-state index is 3.76. The third kappa shape index (κ3) is 3.37. The quantitative estimate of drug-likeness (QED) is 0.715. The first-order valence-corrected chi connectivity index (χ1v) is 8.35. The summed E-state index contributed by atoms with van der Waals surface area (Å²) in [5, 5.41) is 7.54. The maximum Gasteiger partial charge on any atom is 0.0360 e. The molecule has 2 unspecified atom stereocenters. The molecule has 19 heavy (non-hydrogen) atoms. The Bertz CT molecular complexity index is 503. The number of nitrogens with one attached hydrogen (secondary N) is 1. The van der Waals surface area contributed by atoms with Crippen molar-refractivity contribution < 1.29 is 0 Å². The van der Waals surface area contributed by atoms with Crippen LogP contribution in [0.4, 0.5) is 0 Å². The van der Waals surface area contributed by atoms with Crippen molar-refractivity contribution in [2.24, 2.45) is 5.92 Å². The van der Waals surface area contributed by atoms with Crippen molar-refractivity contribution in [1.29, 1.82) is 0 Å². The van der Waals surface area contributed by atoms with Crippen LogP contribution in [-0.4, -0.2) is 6.54 Å². The molecule has 0 aliphatic rings. The molecule has 0 fully saturated rings. The van der Waals surface area contributed by atoms with E-state index in [0.29, 0.717) is 12.0 Å². The highest BCUT2D eigenvalue weighted by Crippen LogP contribution is 2.35. The molecule has 104 valence electrons. The van der Waals surface area contributed by atoms with E-state index in [4.69, 9.17) is 0 Å². The molecule has 2 atom stereocenters. The summed E-state index contributed by atoms with van der Waals surface area (Å²) in [6, 6.07) is 9.27. The van der Waals surface area contributed by atoms with Gasteiger partial charge in [0.05, 0.1) is 0 Å². The largest absolute Gasteiger partial charge is 0.310 e. The lowest BCUT2D eigenvalue weighted by atomic mass is 9.90. The van der Waals surface area contributed by atoms with Crippen LogP contribution in [0, 0.1) is 5.92 Å². The molecule has 0 aliphatic heterocycles. The van der Waals surface area contributed by atoms with Gasteiger partial charge in [-0.25, -0.2) is 0 Å². The molecule has 2 rings (SSSR count). The molecule has 0 bridgehead atoms. The summed E-state index contributed by atoms with van der Waals surface area (Å²) in [5.41, 5.74) is 1.50. The predicted octanol–water partition coefficient (Wildman–Crippen LogP) is 5.38. The lowest BCUT2D eigenvalue weighted by Crippen LogP contribution is -2.27. The second-order valence-electron chi connectivity index (χ2n) is 5.38. The van der Waals surface area contributed by atoms with E-state index in [9.17, 15) is 0 Å². The van der Waals surface area contributed by atoms with Gasteiger partial charge in [-0.2, -0.15) is 0 Å². The van der Waals surface area contributed by atoms with Gasteiger partial charge < -0.3 is 5.32 Å². The summed E-state index contributed by atoms with van der Waals surface area (Å²) >= 11 is 1.87. The second kappa shape index (κ2) is 7.06. The van der Waals surface area contributed by atoms with Crippen molar-refractivity contribution in [3.8, 4) is 0 Å². The van der Waals surface area contributed by atoms with Crippen LogP contribution in [0.2, 0.25) is 0 Å². The molecular formula is C17H25NS. The number of rotatable bonds is 7. The van der Waals surface area contributed by atoms with Gasteiger partial charge in [0.25, 0.3) is 0 Å². The molecule has 1 N–H and O–H groups in total. The Morgan fingerprint density at radius 2 is 1.95 bits per heavy atom. The Balaban J connectivity index is 2.30. The van der Waals surface area contributed by atoms with Gasteiger partial charge in [-0.1, -0.05) is 45.4 Å². The number of hydrogen-bond acceptors (Lipinski definition) is 2. The minimum atomic E-state index is 0.496. The lowest BCUT2D eigenvalue weighted by molar-refractivity contribution is 0.366. The van der Waals surface area contributed by atoms with Crippen molar-refractivity contribution in [2.75, 3.05) is 6.54 Å². The van der Waals surface area contributed by atoms with Crippen LogP contribution in [0.3, 0.4) is 0 Å². The zero-order valence-electron chi connectivity index (χ0n) is 12.3. The van der Waals surface area contributed by atoms with Crippen LogP contribution in [0.25, 0.3) is 10.1 Å². The van der Waals surface area contributed by atoms with E-state index in [2.05, 4.69) is 55.7 Å². The third-order valence-electron chi connectivity index (χ3n) is 3.77. The SMILES string of the molecule is CCCNC(c1csc2ccccc12)C(C)CCC. The fourth-order valence-electron chi connectivity index (χ4n) is 2.78. The molecule has 2 aromatic rings. The summed E-state index contributed by atoms with van der Waals surface area (Å²) in [6.07, 6.45) is 3.73. The molecule has 0 radical (unpaired) electrons. The lowest BCUT2D eigenvalue weighted by Gasteiger charge is -2.25. The minimum absolute atomic E-state index is 0.496. The Morgan fingerprint density at radius 3 is 2.68 bits per heavy atom. The maximum absolute atomic E-state index is 3.76. The summed E-state index contributed by atoms with van der Waals surface area (Å²) in [6.45, 7) is 7.99. The molecule has 1 aromatic heterocycles. The van der Waals surface area contributed by atoms with Crippen molar-refractivity contribution in [3.05, 3.63) is 35.2 Å². The third-order valence-corrected chi connectivity index (χ3v) is 4.76. The van der Waals surface area contributed by atoms with Crippen molar-refractivity contribution >= 4 is 21.4 Å². The van der Waals surface area contributed by atoms with Gasteiger partial charge in [0.2, 0.25) is 0 Å². The van der Waals surface area contributed by atoms with Gasteiger partial charge in [-0.3, -0.25) is 0 Å². The first kappa shape index (κ1) is 14.5. The average molecular weight is 275 g/mol. The van der Waals surface area contributed by atoms with E-state index in [-0.39, 0.29) is 0 Å². The van der Waals surface area contributed by atoms with Crippen LogP contribution < -0.4 is 5.32 Å². The van der Waals surface area contributed by atoms with Crippen LogP contribution >= 0.6 is 11.3 Å². The fraction of sp³-hybridized carbons (Fsp3) is 0.529. The van der Waals surface area contributed by atoms with Gasteiger partial charge in [0.15, 0.2) is 0 Å². The monoisotopic (exact) mass is 275 g/mol. The highest BCUT2D eigenvalue weighted by Gasteiger charge is 2.20. The highest BCUT2D eigenvalue weighted by atomic mass is 32.1.